The van der Waals surface area contributed by atoms with Crippen LogP contribution in [0.4, 0.5) is 0 Å². The molecule has 4 unspecified atom stereocenters. The molecule has 3 heteroatoms. The Morgan fingerprint density at radius 1 is 1.25 bits per heavy atom. The summed E-state index contributed by atoms with van der Waals surface area (Å²) in [6, 6.07) is 0.0428. The van der Waals surface area contributed by atoms with Crippen LogP contribution in [0.2, 0.25) is 0 Å². The Bertz CT molecular complexity index is 340. The van der Waals surface area contributed by atoms with Crippen LogP contribution in [0.3, 0.4) is 0 Å². The highest BCUT2D eigenvalue weighted by Crippen LogP contribution is 2.33. The molecule has 1 heterocycles. The van der Waals surface area contributed by atoms with Gasteiger partial charge in [0.1, 0.15) is 0 Å². The lowest BCUT2D eigenvalue weighted by Crippen LogP contribution is -2.43. The maximum absolute atomic E-state index is 12.7. The average molecular weight is 280 g/mol. The highest BCUT2D eigenvalue weighted by atomic mass is 16.2. The highest BCUT2D eigenvalue weighted by molar-refractivity contribution is 5.84. The molecule has 1 amide bonds. The number of nitrogens with one attached hydrogen (secondary N) is 1. The second-order valence-electron chi connectivity index (χ2n) is 7.81. The van der Waals surface area contributed by atoms with Gasteiger partial charge in [0.2, 0.25) is 5.91 Å². The number of carbonyl (C=O) groups is 1. The monoisotopic (exact) mass is 280 g/mol. The van der Waals surface area contributed by atoms with Gasteiger partial charge in [-0.2, -0.15) is 0 Å². The molecule has 0 aromatic rings. The molecule has 20 heavy (non-hydrogen) atoms. The van der Waals surface area contributed by atoms with Crippen LogP contribution in [0.25, 0.3) is 0 Å². The van der Waals surface area contributed by atoms with Crippen LogP contribution in [-0.4, -0.2) is 29.6 Å². The molecule has 2 fully saturated rings. The van der Waals surface area contributed by atoms with Gasteiger partial charge in [-0.15, -0.1) is 0 Å². The molecule has 4 atom stereocenters. The zero-order chi connectivity index (χ0) is 14.9. The zero-order valence-corrected chi connectivity index (χ0v) is 13.9. The molecule has 2 aliphatic rings. The molecule has 2 rings (SSSR count). The van der Waals surface area contributed by atoms with Crippen LogP contribution in [-0.2, 0) is 4.79 Å². The van der Waals surface area contributed by atoms with Crippen LogP contribution < -0.4 is 5.32 Å². The summed E-state index contributed by atoms with van der Waals surface area (Å²) in [7, 11) is 0. The Hall–Kier alpha value is -0.570. The third-order valence-electron chi connectivity index (χ3n) is 4.89. The summed E-state index contributed by atoms with van der Waals surface area (Å²) >= 11 is 0. The first kappa shape index (κ1) is 15.8. The topological polar surface area (TPSA) is 32.3 Å². The Balaban J connectivity index is 2.01. The first-order chi connectivity index (χ1) is 9.38. The van der Waals surface area contributed by atoms with Gasteiger partial charge < -0.3 is 4.90 Å². The van der Waals surface area contributed by atoms with E-state index in [9.17, 15) is 4.79 Å². The van der Waals surface area contributed by atoms with Crippen LogP contribution in [0.15, 0.2) is 0 Å². The number of hydrogen-bond donors (Lipinski definition) is 1. The fourth-order valence-corrected chi connectivity index (χ4v) is 3.87. The third-order valence-corrected chi connectivity index (χ3v) is 4.89. The van der Waals surface area contributed by atoms with Crippen molar-refractivity contribution in [2.75, 3.05) is 6.54 Å². The van der Waals surface area contributed by atoms with E-state index in [4.69, 9.17) is 0 Å². The van der Waals surface area contributed by atoms with E-state index in [1.54, 1.807) is 0 Å². The summed E-state index contributed by atoms with van der Waals surface area (Å²) in [6.07, 6.45) is 5.12. The second kappa shape index (κ2) is 6.46. The Morgan fingerprint density at radius 2 is 1.95 bits per heavy atom. The summed E-state index contributed by atoms with van der Waals surface area (Å²) in [4.78, 5) is 14.8. The van der Waals surface area contributed by atoms with Crippen molar-refractivity contribution in [1.29, 1.82) is 0 Å². The zero-order valence-electron chi connectivity index (χ0n) is 13.9. The minimum atomic E-state index is 0.0428. The molecule has 1 saturated carbocycles. The second-order valence-corrected chi connectivity index (χ2v) is 7.81. The maximum atomic E-state index is 12.7. The van der Waals surface area contributed by atoms with Gasteiger partial charge in [0, 0.05) is 6.54 Å². The lowest BCUT2D eigenvalue weighted by Gasteiger charge is -2.29. The van der Waals surface area contributed by atoms with Crippen LogP contribution in [0, 0.1) is 23.7 Å². The van der Waals surface area contributed by atoms with Crippen molar-refractivity contribution in [3.63, 3.8) is 0 Å². The number of carbonyl (C=O) groups excluding carboxylic acids is 1. The quantitative estimate of drug-likeness (QED) is 0.838. The van der Waals surface area contributed by atoms with Crippen LogP contribution in [0.1, 0.15) is 60.3 Å². The van der Waals surface area contributed by atoms with Crippen molar-refractivity contribution in [2.45, 2.75) is 72.5 Å². The maximum Gasteiger partial charge on any atom is 0.241 e. The van der Waals surface area contributed by atoms with E-state index in [0.29, 0.717) is 17.7 Å². The number of nitrogens with zero attached hydrogens (tertiary/aromatic N) is 1. The molecule has 0 radical (unpaired) electrons. The Morgan fingerprint density at radius 3 is 2.45 bits per heavy atom. The van der Waals surface area contributed by atoms with Crippen molar-refractivity contribution in [3.05, 3.63) is 0 Å². The van der Waals surface area contributed by atoms with E-state index in [2.05, 4.69) is 44.8 Å². The molecular weight excluding hydrogens is 248 g/mol. The molecule has 3 nitrogen and oxygen atoms in total. The molecule has 1 N–H and O–H groups in total. The summed E-state index contributed by atoms with van der Waals surface area (Å²) in [5, 5.41) is 3.58. The average Bonchev–Trinajstić information content (AvgIpc) is 2.87. The van der Waals surface area contributed by atoms with Gasteiger partial charge in [-0.3, -0.25) is 10.1 Å². The molecule has 0 spiro atoms. The van der Waals surface area contributed by atoms with E-state index < -0.39 is 0 Å². The van der Waals surface area contributed by atoms with Crippen molar-refractivity contribution in [2.24, 2.45) is 23.7 Å². The van der Waals surface area contributed by atoms with Crippen molar-refractivity contribution < 1.29 is 4.79 Å². The minimum Gasteiger partial charge on any atom is -0.325 e. The van der Waals surface area contributed by atoms with E-state index in [-0.39, 0.29) is 12.2 Å². The van der Waals surface area contributed by atoms with Crippen LogP contribution in [0.5, 0.6) is 0 Å². The molecule has 0 aromatic carbocycles. The fourth-order valence-electron chi connectivity index (χ4n) is 3.87. The smallest absolute Gasteiger partial charge is 0.241 e. The van der Waals surface area contributed by atoms with Crippen molar-refractivity contribution in [3.8, 4) is 0 Å². The SMILES string of the molecule is CC(C)CC1NC(C(C)C)N(CC2CCC(C)C2)C1=O. The normalized spacial score (nSPS) is 34.8. The van der Waals surface area contributed by atoms with Gasteiger partial charge in [-0.1, -0.05) is 41.0 Å². The van der Waals surface area contributed by atoms with Crippen molar-refractivity contribution in [1.82, 2.24) is 10.2 Å². The molecule has 116 valence electrons. The molecule has 1 aliphatic carbocycles. The first-order valence-electron chi connectivity index (χ1n) is 8.45. The summed E-state index contributed by atoms with van der Waals surface area (Å²) in [5.74, 6) is 2.95. The van der Waals surface area contributed by atoms with E-state index >= 15 is 0 Å². The van der Waals surface area contributed by atoms with Gasteiger partial charge in [0.15, 0.2) is 0 Å². The largest absolute Gasteiger partial charge is 0.325 e. The lowest BCUT2D eigenvalue weighted by atomic mass is 10.0. The van der Waals surface area contributed by atoms with E-state index in [1.165, 1.54) is 19.3 Å². The predicted molar refractivity (Wildman–Crippen MR) is 83.2 cm³/mol. The summed E-state index contributed by atoms with van der Waals surface area (Å²) < 4.78 is 0. The van der Waals surface area contributed by atoms with Crippen molar-refractivity contribution >= 4 is 5.91 Å². The fraction of sp³-hybridized carbons (Fsp3) is 0.941. The van der Waals surface area contributed by atoms with Gasteiger partial charge in [-0.25, -0.2) is 0 Å². The number of amides is 1. The molecule has 0 bridgehead atoms. The lowest BCUT2D eigenvalue weighted by molar-refractivity contribution is -0.131. The standard InChI is InChI=1S/C17H32N2O/c1-11(2)8-15-17(20)19(16(18-15)12(3)4)10-14-7-6-13(5)9-14/h11-16,18H,6-10H2,1-5H3. The summed E-state index contributed by atoms with van der Waals surface area (Å²) in [5.41, 5.74) is 0. The first-order valence-corrected chi connectivity index (χ1v) is 8.45. The highest BCUT2D eigenvalue weighted by Gasteiger charge is 2.41. The van der Waals surface area contributed by atoms with Gasteiger partial charge in [0.25, 0.3) is 0 Å². The Labute approximate surface area is 124 Å². The number of rotatable bonds is 5. The van der Waals surface area contributed by atoms with E-state index in [1.807, 2.05) is 0 Å². The van der Waals surface area contributed by atoms with Gasteiger partial charge in [0.05, 0.1) is 12.2 Å². The molecule has 1 aliphatic heterocycles. The number of hydrogen-bond acceptors (Lipinski definition) is 2. The molecular formula is C17H32N2O. The van der Waals surface area contributed by atoms with Crippen LogP contribution >= 0.6 is 0 Å². The summed E-state index contributed by atoms with van der Waals surface area (Å²) in [6.45, 7) is 12.1. The molecule has 0 aromatic heterocycles. The Kier molecular flexibility index (Phi) is 5.11. The van der Waals surface area contributed by atoms with E-state index in [0.717, 1.165) is 24.8 Å². The minimum absolute atomic E-state index is 0.0428. The molecule has 1 saturated heterocycles. The van der Waals surface area contributed by atoms with Gasteiger partial charge in [-0.05, 0) is 42.9 Å². The predicted octanol–water partition coefficient (Wildman–Crippen LogP) is 3.25. The van der Waals surface area contributed by atoms with Gasteiger partial charge >= 0.3 is 0 Å². The third kappa shape index (κ3) is 3.55.